The summed E-state index contributed by atoms with van der Waals surface area (Å²) in [6, 6.07) is 3.57. The number of hydrogen-bond donors (Lipinski definition) is 1. The summed E-state index contributed by atoms with van der Waals surface area (Å²) >= 11 is 0. The molecule has 10 heteroatoms. The Hall–Kier alpha value is -1.97. The van der Waals surface area contributed by atoms with Crippen molar-refractivity contribution >= 4 is 16.2 Å². The first-order valence-corrected chi connectivity index (χ1v) is 8.80. The molecule has 1 aliphatic carbocycles. The van der Waals surface area contributed by atoms with Gasteiger partial charge in [0, 0.05) is 6.04 Å². The van der Waals surface area contributed by atoms with E-state index in [-0.39, 0.29) is 6.04 Å². The Labute approximate surface area is 143 Å². The Kier molecular flexibility index (Phi) is 4.95. The molecule has 1 aliphatic rings. The average molecular weight is 381 g/mol. The lowest BCUT2D eigenvalue weighted by atomic mass is 10.1. The largest absolute Gasteiger partial charge is 0.534 e. The molecular formula is C15H18F3NO5S. The maximum Gasteiger partial charge on any atom is 0.534 e. The van der Waals surface area contributed by atoms with Crippen LogP contribution in [-0.4, -0.2) is 31.7 Å². The van der Waals surface area contributed by atoms with Gasteiger partial charge in [-0.15, -0.1) is 0 Å². The summed E-state index contributed by atoms with van der Waals surface area (Å²) in [5.41, 5.74) is -4.75. The number of halogens is 3. The summed E-state index contributed by atoms with van der Waals surface area (Å²) in [6.07, 6.45) is 0.194. The Morgan fingerprint density at radius 1 is 1.16 bits per heavy atom. The normalized spacial score (nSPS) is 17.8. The zero-order chi connectivity index (χ0) is 19.0. The van der Waals surface area contributed by atoms with Gasteiger partial charge >= 0.3 is 21.7 Å². The quantitative estimate of drug-likeness (QED) is 0.643. The molecule has 0 radical (unpaired) electrons. The van der Waals surface area contributed by atoms with Gasteiger partial charge in [-0.1, -0.05) is 6.07 Å². The fourth-order valence-corrected chi connectivity index (χ4v) is 2.85. The highest BCUT2D eigenvalue weighted by Gasteiger charge is 2.48. The topological polar surface area (TPSA) is 81.7 Å². The van der Waals surface area contributed by atoms with Gasteiger partial charge in [-0.05, 0) is 56.9 Å². The first-order valence-electron chi connectivity index (χ1n) is 7.39. The molecule has 0 bridgehead atoms. The standard InChI is InChI=1S/C15H18F3NO5S/c1-14(2,3)23-13(20)19-11-6-9-4-5-12(8-10(9)7-11)24-25(21,22)15(16,17)18/h4-5,8,11H,6-7H2,1-3H3,(H,19,20). The number of fused-ring (bicyclic) bond motifs is 1. The highest BCUT2D eigenvalue weighted by molar-refractivity contribution is 7.88. The molecule has 1 aromatic rings. The minimum atomic E-state index is -5.71. The second kappa shape index (κ2) is 6.40. The number of alkyl halides is 3. The van der Waals surface area contributed by atoms with Crippen molar-refractivity contribution < 1.29 is 35.3 Å². The number of nitrogens with one attached hydrogen (secondary N) is 1. The first kappa shape index (κ1) is 19.4. The van der Waals surface area contributed by atoms with Crippen LogP contribution in [0.2, 0.25) is 0 Å². The van der Waals surface area contributed by atoms with Gasteiger partial charge in [0.05, 0.1) is 0 Å². The summed E-state index contributed by atoms with van der Waals surface area (Å²) in [5.74, 6) is -0.422. The third-order valence-electron chi connectivity index (χ3n) is 3.32. The summed E-state index contributed by atoms with van der Waals surface area (Å²) in [6.45, 7) is 5.17. The zero-order valence-corrected chi connectivity index (χ0v) is 14.6. The van der Waals surface area contributed by atoms with E-state index in [9.17, 15) is 26.4 Å². The van der Waals surface area contributed by atoms with E-state index in [1.807, 2.05) is 0 Å². The van der Waals surface area contributed by atoms with Crippen LogP contribution in [0.1, 0.15) is 31.9 Å². The van der Waals surface area contributed by atoms with E-state index < -0.39 is 33.1 Å². The molecule has 0 spiro atoms. The van der Waals surface area contributed by atoms with E-state index >= 15 is 0 Å². The third-order valence-corrected chi connectivity index (χ3v) is 4.30. The Bertz CT molecular complexity index is 768. The van der Waals surface area contributed by atoms with Gasteiger partial charge in [-0.25, -0.2) is 4.79 Å². The molecule has 0 saturated heterocycles. The third kappa shape index (κ3) is 5.00. The number of rotatable bonds is 3. The van der Waals surface area contributed by atoms with Crippen LogP contribution in [0.5, 0.6) is 5.75 Å². The molecule has 1 unspecified atom stereocenters. The number of carbonyl (C=O) groups excluding carboxylic acids is 1. The average Bonchev–Trinajstić information content (AvgIpc) is 2.75. The van der Waals surface area contributed by atoms with Gasteiger partial charge in [-0.2, -0.15) is 21.6 Å². The fraction of sp³-hybridized carbons (Fsp3) is 0.533. The smallest absolute Gasteiger partial charge is 0.444 e. The lowest BCUT2D eigenvalue weighted by Crippen LogP contribution is -2.39. The summed E-state index contributed by atoms with van der Waals surface area (Å²) in [4.78, 5) is 11.8. The van der Waals surface area contributed by atoms with Crippen LogP contribution in [0, 0.1) is 0 Å². The molecule has 0 fully saturated rings. The van der Waals surface area contributed by atoms with Crippen LogP contribution in [0.4, 0.5) is 18.0 Å². The van der Waals surface area contributed by atoms with Gasteiger partial charge < -0.3 is 14.2 Å². The van der Waals surface area contributed by atoms with Crippen LogP contribution in [0.3, 0.4) is 0 Å². The molecule has 1 atom stereocenters. The number of amides is 1. The van der Waals surface area contributed by atoms with Gasteiger partial charge in [-0.3, -0.25) is 0 Å². The number of ether oxygens (including phenoxy) is 1. The lowest BCUT2D eigenvalue weighted by molar-refractivity contribution is -0.0500. The van der Waals surface area contributed by atoms with Gasteiger partial charge in [0.15, 0.2) is 0 Å². The van der Waals surface area contributed by atoms with Crippen LogP contribution in [0.15, 0.2) is 18.2 Å². The van der Waals surface area contributed by atoms with Crippen molar-refractivity contribution in [1.82, 2.24) is 5.32 Å². The van der Waals surface area contributed by atoms with E-state index in [1.165, 1.54) is 12.1 Å². The minimum Gasteiger partial charge on any atom is -0.444 e. The van der Waals surface area contributed by atoms with Crippen LogP contribution in [-0.2, 0) is 27.7 Å². The van der Waals surface area contributed by atoms with Crippen molar-refractivity contribution in [2.24, 2.45) is 0 Å². The van der Waals surface area contributed by atoms with Crippen molar-refractivity contribution in [3.63, 3.8) is 0 Å². The molecule has 1 amide bonds. The molecule has 0 aliphatic heterocycles. The minimum absolute atomic E-state index is 0.292. The Morgan fingerprint density at radius 2 is 1.76 bits per heavy atom. The maximum atomic E-state index is 12.4. The number of alkyl carbamates (subject to hydrolysis) is 1. The zero-order valence-electron chi connectivity index (χ0n) is 13.8. The van der Waals surface area contributed by atoms with E-state index in [0.717, 1.165) is 11.6 Å². The summed E-state index contributed by atoms with van der Waals surface area (Å²) < 4.78 is 68.4. The molecule has 6 nitrogen and oxygen atoms in total. The van der Waals surface area contributed by atoms with Gasteiger partial charge in [0.2, 0.25) is 0 Å². The van der Waals surface area contributed by atoms with E-state index in [2.05, 4.69) is 9.50 Å². The number of hydrogen-bond acceptors (Lipinski definition) is 5. The summed E-state index contributed by atoms with van der Waals surface area (Å²) in [5, 5.41) is 2.67. The van der Waals surface area contributed by atoms with E-state index in [1.54, 1.807) is 20.8 Å². The molecule has 25 heavy (non-hydrogen) atoms. The number of carbonyl (C=O) groups is 1. The van der Waals surface area contributed by atoms with Crippen LogP contribution >= 0.6 is 0 Å². The van der Waals surface area contributed by atoms with Crippen molar-refractivity contribution in [3.8, 4) is 5.75 Å². The van der Waals surface area contributed by atoms with Gasteiger partial charge in [0.1, 0.15) is 11.4 Å². The molecule has 0 saturated carbocycles. The second-order valence-corrected chi connectivity index (χ2v) is 8.20. The fourth-order valence-electron chi connectivity index (χ4n) is 2.40. The highest BCUT2D eigenvalue weighted by atomic mass is 32.2. The molecule has 0 aromatic heterocycles. The number of benzene rings is 1. The second-order valence-electron chi connectivity index (χ2n) is 6.67. The molecule has 2 rings (SSSR count). The SMILES string of the molecule is CC(C)(C)OC(=O)NC1Cc2ccc(OS(=O)(=O)C(F)(F)F)cc2C1. The predicted molar refractivity (Wildman–Crippen MR) is 82.6 cm³/mol. The van der Waals surface area contributed by atoms with Crippen molar-refractivity contribution in [3.05, 3.63) is 29.3 Å². The Morgan fingerprint density at radius 3 is 2.32 bits per heavy atom. The maximum absolute atomic E-state index is 12.4. The van der Waals surface area contributed by atoms with Crippen LogP contribution < -0.4 is 9.50 Å². The molecular weight excluding hydrogens is 363 g/mol. The monoisotopic (exact) mass is 381 g/mol. The van der Waals surface area contributed by atoms with Gasteiger partial charge in [0.25, 0.3) is 0 Å². The van der Waals surface area contributed by atoms with E-state index in [4.69, 9.17) is 4.74 Å². The summed E-state index contributed by atoms with van der Waals surface area (Å²) in [7, 11) is -5.71. The Balaban J connectivity index is 2.05. The van der Waals surface area contributed by atoms with Crippen molar-refractivity contribution in [1.29, 1.82) is 0 Å². The highest BCUT2D eigenvalue weighted by Crippen LogP contribution is 2.31. The molecule has 0 heterocycles. The lowest BCUT2D eigenvalue weighted by Gasteiger charge is -2.21. The predicted octanol–water partition coefficient (Wildman–Crippen LogP) is 2.91. The van der Waals surface area contributed by atoms with Crippen LogP contribution in [0.25, 0.3) is 0 Å². The molecule has 140 valence electrons. The molecule has 1 aromatic carbocycles. The van der Waals surface area contributed by atoms with E-state index in [0.29, 0.717) is 18.4 Å². The van der Waals surface area contributed by atoms with Crippen molar-refractivity contribution in [2.45, 2.75) is 50.8 Å². The molecule has 1 N–H and O–H groups in total. The first-order chi connectivity index (χ1) is 11.3. The van der Waals surface area contributed by atoms with Crippen molar-refractivity contribution in [2.75, 3.05) is 0 Å².